The van der Waals surface area contributed by atoms with Crippen molar-refractivity contribution in [3.8, 4) is 0 Å². The third kappa shape index (κ3) is 3.41. The maximum atomic E-state index is 10.9. The molecule has 0 aliphatic carbocycles. The standard InChI is InChI=1S/C8H7IN2O2/c9-6-2-1-3-7(4-6)11-8(12)5-10-13/h1-5,13H,(H,11,12)/b10-5-. The molecule has 0 saturated heterocycles. The molecule has 5 heteroatoms. The van der Waals surface area contributed by atoms with E-state index >= 15 is 0 Å². The monoisotopic (exact) mass is 290 g/mol. The third-order valence-electron chi connectivity index (χ3n) is 1.27. The van der Waals surface area contributed by atoms with Gasteiger partial charge in [0.05, 0.1) is 0 Å². The van der Waals surface area contributed by atoms with E-state index < -0.39 is 5.91 Å². The van der Waals surface area contributed by atoms with Crippen molar-refractivity contribution in [2.75, 3.05) is 5.32 Å². The molecule has 0 heterocycles. The fourth-order valence-corrected chi connectivity index (χ4v) is 1.34. The summed E-state index contributed by atoms with van der Waals surface area (Å²) in [6.45, 7) is 0. The lowest BCUT2D eigenvalue weighted by molar-refractivity contribution is -0.110. The fraction of sp³-hybridized carbons (Fsp3) is 0. The molecule has 0 spiro atoms. The van der Waals surface area contributed by atoms with E-state index in [0.29, 0.717) is 5.69 Å². The molecule has 0 bridgehead atoms. The van der Waals surface area contributed by atoms with Crippen molar-refractivity contribution >= 4 is 40.4 Å². The lowest BCUT2D eigenvalue weighted by atomic mass is 10.3. The molecule has 1 rings (SSSR count). The zero-order valence-corrected chi connectivity index (χ0v) is 8.72. The molecule has 0 saturated carbocycles. The highest BCUT2D eigenvalue weighted by Crippen LogP contribution is 2.11. The molecule has 0 radical (unpaired) electrons. The van der Waals surface area contributed by atoms with Gasteiger partial charge in [0.15, 0.2) is 0 Å². The summed E-state index contributed by atoms with van der Waals surface area (Å²) in [6, 6.07) is 7.30. The molecule has 0 unspecified atom stereocenters. The molecule has 4 nitrogen and oxygen atoms in total. The molecule has 0 aliphatic rings. The molecular formula is C8H7IN2O2. The van der Waals surface area contributed by atoms with Crippen LogP contribution in [0.4, 0.5) is 5.69 Å². The van der Waals surface area contributed by atoms with Crippen molar-refractivity contribution < 1.29 is 10.0 Å². The topological polar surface area (TPSA) is 61.7 Å². The summed E-state index contributed by atoms with van der Waals surface area (Å²) in [4.78, 5) is 10.9. The number of halogens is 1. The average molecular weight is 290 g/mol. The highest BCUT2D eigenvalue weighted by atomic mass is 127. The zero-order chi connectivity index (χ0) is 9.68. The Labute approximate surface area is 88.8 Å². The highest BCUT2D eigenvalue weighted by molar-refractivity contribution is 14.1. The van der Waals surface area contributed by atoms with Gasteiger partial charge in [-0.25, -0.2) is 0 Å². The Hall–Kier alpha value is -1.11. The van der Waals surface area contributed by atoms with Crippen molar-refractivity contribution in [1.82, 2.24) is 0 Å². The van der Waals surface area contributed by atoms with Crippen LogP contribution in [0, 0.1) is 3.57 Å². The maximum absolute atomic E-state index is 10.9. The van der Waals surface area contributed by atoms with Crippen LogP contribution in [0.5, 0.6) is 0 Å². The molecule has 1 amide bonds. The zero-order valence-electron chi connectivity index (χ0n) is 6.57. The Bertz CT molecular complexity index is 339. The van der Waals surface area contributed by atoms with Crippen molar-refractivity contribution in [3.63, 3.8) is 0 Å². The number of amides is 1. The number of benzene rings is 1. The van der Waals surface area contributed by atoms with Gasteiger partial charge in [-0.05, 0) is 40.8 Å². The Kier molecular flexibility index (Phi) is 3.69. The van der Waals surface area contributed by atoms with Gasteiger partial charge in [0.2, 0.25) is 0 Å². The predicted molar refractivity (Wildman–Crippen MR) is 58.1 cm³/mol. The van der Waals surface area contributed by atoms with Crippen molar-refractivity contribution in [2.24, 2.45) is 5.16 Å². The molecule has 0 aromatic heterocycles. The quantitative estimate of drug-likeness (QED) is 0.377. The molecule has 2 N–H and O–H groups in total. The van der Waals surface area contributed by atoms with Gasteiger partial charge in [0.1, 0.15) is 6.21 Å². The van der Waals surface area contributed by atoms with Crippen LogP contribution in [0.2, 0.25) is 0 Å². The van der Waals surface area contributed by atoms with E-state index in [0.717, 1.165) is 9.78 Å². The number of nitrogens with zero attached hydrogens (tertiary/aromatic N) is 1. The summed E-state index contributed by atoms with van der Waals surface area (Å²) in [6.07, 6.45) is 0.805. The second-order valence-corrected chi connectivity index (χ2v) is 3.49. The highest BCUT2D eigenvalue weighted by Gasteiger charge is 1.97. The summed E-state index contributed by atoms with van der Waals surface area (Å²) in [5.74, 6) is -0.454. The van der Waals surface area contributed by atoms with E-state index in [9.17, 15) is 4.79 Å². The molecule has 0 fully saturated rings. The van der Waals surface area contributed by atoms with E-state index in [1.54, 1.807) is 6.07 Å². The largest absolute Gasteiger partial charge is 0.411 e. The van der Waals surface area contributed by atoms with Crippen molar-refractivity contribution in [2.45, 2.75) is 0 Å². The van der Waals surface area contributed by atoms with Crippen LogP contribution in [0.3, 0.4) is 0 Å². The van der Waals surface area contributed by atoms with Crippen LogP contribution in [0.15, 0.2) is 29.4 Å². The van der Waals surface area contributed by atoms with Crippen molar-refractivity contribution in [3.05, 3.63) is 27.8 Å². The Morgan fingerprint density at radius 1 is 1.62 bits per heavy atom. The van der Waals surface area contributed by atoms with Gasteiger partial charge in [-0.15, -0.1) is 0 Å². The minimum absolute atomic E-state index is 0.454. The lowest BCUT2D eigenvalue weighted by Gasteiger charge is -2.00. The van der Waals surface area contributed by atoms with E-state index in [1.165, 1.54) is 0 Å². The van der Waals surface area contributed by atoms with Crippen LogP contribution in [0.25, 0.3) is 0 Å². The molecule has 1 aromatic rings. The number of carbonyl (C=O) groups is 1. The first-order valence-corrected chi connectivity index (χ1v) is 4.54. The molecule has 0 atom stereocenters. The Morgan fingerprint density at radius 3 is 3.00 bits per heavy atom. The second kappa shape index (κ2) is 4.80. The smallest absolute Gasteiger partial charge is 0.270 e. The van der Waals surface area contributed by atoms with Gasteiger partial charge in [0, 0.05) is 9.26 Å². The van der Waals surface area contributed by atoms with E-state index in [4.69, 9.17) is 5.21 Å². The first-order valence-electron chi connectivity index (χ1n) is 3.46. The normalized spacial score (nSPS) is 10.2. The Morgan fingerprint density at radius 2 is 2.38 bits per heavy atom. The minimum atomic E-state index is -0.454. The molecular weight excluding hydrogens is 283 g/mol. The van der Waals surface area contributed by atoms with Gasteiger partial charge >= 0.3 is 0 Å². The van der Waals surface area contributed by atoms with Gasteiger partial charge in [-0.2, -0.15) is 0 Å². The van der Waals surface area contributed by atoms with Crippen LogP contribution >= 0.6 is 22.6 Å². The summed E-state index contributed by atoms with van der Waals surface area (Å²) >= 11 is 2.14. The lowest BCUT2D eigenvalue weighted by Crippen LogP contribution is -2.12. The summed E-state index contributed by atoms with van der Waals surface area (Å²) in [7, 11) is 0. The van der Waals surface area contributed by atoms with Crippen LogP contribution in [0.1, 0.15) is 0 Å². The average Bonchev–Trinajstić information content (AvgIpc) is 2.04. The number of nitrogens with one attached hydrogen (secondary N) is 1. The van der Waals surface area contributed by atoms with Gasteiger partial charge in [0.25, 0.3) is 5.91 Å². The first kappa shape index (κ1) is 9.97. The Balaban J connectivity index is 2.69. The number of carbonyl (C=O) groups excluding carboxylic acids is 1. The number of oxime groups is 1. The molecule has 13 heavy (non-hydrogen) atoms. The van der Waals surface area contributed by atoms with E-state index in [1.807, 2.05) is 18.2 Å². The SMILES string of the molecule is O=C(/C=N\O)Nc1cccc(I)c1. The van der Waals surface area contributed by atoms with E-state index in [2.05, 4.69) is 33.1 Å². The molecule has 68 valence electrons. The maximum Gasteiger partial charge on any atom is 0.270 e. The summed E-state index contributed by atoms with van der Waals surface area (Å²) in [5, 5.41) is 13.2. The summed E-state index contributed by atoms with van der Waals surface area (Å²) in [5.41, 5.74) is 0.678. The molecule has 1 aromatic carbocycles. The van der Waals surface area contributed by atoms with Crippen molar-refractivity contribution in [1.29, 1.82) is 0 Å². The van der Waals surface area contributed by atoms with Crippen LogP contribution in [-0.2, 0) is 4.79 Å². The first-order chi connectivity index (χ1) is 6.22. The number of anilines is 1. The van der Waals surface area contributed by atoms with Gasteiger partial charge < -0.3 is 10.5 Å². The van der Waals surface area contributed by atoms with Crippen LogP contribution in [-0.4, -0.2) is 17.3 Å². The number of rotatable bonds is 2. The fourth-order valence-electron chi connectivity index (χ4n) is 0.793. The van der Waals surface area contributed by atoms with E-state index in [-0.39, 0.29) is 0 Å². The third-order valence-corrected chi connectivity index (χ3v) is 1.94. The van der Waals surface area contributed by atoms with Gasteiger partial charge in [-0.1, -0.05) is 11.2 Å². The minimum Gasteiger partial charge on any atom is -0.411 e. The second-order valence-electron chi connectivity index (χ2n) is 2.24. The predicted octanol–water partition coefficient (Wildman–Crippen LogP) is 1.69. The number of hydrogen-bond donors (Lipinski definition) is 2. The molecule has 0 aliphatic heterocycles. The summed E-state index contributed by atoms with van der Waals surface area (Å²) < 4.78 is 1.02. The van der Waals surface area contributed by atoms with Crippen LogP contribution < -0.4 is 5.32 Å². The van der Waals surface area contributed by atoms with Gasteiger partial charge in [-0.3, -0.25) is 4.79 Å². The number of hydrogen-bond acceptors (Lipinski definition) is 3.